The van der Waals surface area contributed by atoms with E-state index in [4.69, 9.17) is 11.6 Å². The molecule has 0 spiro atoms. The molecule has 1 unspecified atom stereocenters. The number of amides is 1. The Morgan fingerprint density at radius 1 is 1.32 bits per heavy atom. The highest BCUT2D eigenvalue weighted by molar-refractivity contribution is 9.09. The average molecular weight is 345 g/mol. The Bertz CT molecular complexity index is 530. The second-order valence-corrected chi connectivity index (χ2v) is 6.15. The third-order valence-corrected chi connectivity index (χ3v) is 4.56. The van der Waals surface area contributed by atoms with Crippen LogP contribution in [0.1, 0.15) is 24.2 Å². The van der Waals surface area contributed by atoms with Crippen molar-refractivity contribution in [1.29, 1.82) is 0 Å². The standard InChI is InChI=1S/C14H15BrClNO2/c1-8(2)9(6-15)7-17-12-5-10(16)3-4-11(12)13(18)14(17)19/h3-5,8-9H,6-7H2,1-2H3. The zero-order valence-electron chi connectivity index (χ0n) is 10.8. The lowest BCUT2D eigenvalue weighted by Crippen LogP contribution is -2.36. The predicted molar refractivity (Wildman–Crippen MR) is 80.3 cm³/mol. The monoisotopic (exact) mass is 343 g/mol. The van der Waals surface area contributed by atoms with Gasteiger partial charge in [0, 0.05) is 16.9 Å². The molecule has 19 heavy (non-hydrogen) atoms. The summed E-state index contributed by atoms with van der Waals surface area (Å²) in [6.45, 7) is 4.74. The number of hydrogen-bond donors (Lipinski definition) is 0. The lowest BCUT2D eigenvalue weighted by atomic mass is 9.97. The molecular weight excluding hydrogens is 330 g/mol. The molecule has 1 amide bonds. The number of carbonyl (C=O) groups excluding carboxylic acids is 2. The molecule has 5 heteroatoms. The molecule has 0 fully saturated rings. The van der Waals surface area contributed by atoms with E-state index in [1.807, 2.05) is 0 Å². The van der Waals surface area contributed by atoms with E-state index < -0.39 is 11.7 Å². The van der Waals surface area contributed by atoms with E-state index in [1.54, 1.807) is 23.1 Å². The fourth-order valence-corrected chi connectivity index (χ4v) is 3.24. The van der Waals surface area contributed by atoms with Gasteiger partial charge in [-0.3, -0.25) is 9.59 Å². The van der Waals surface area contributed by atoms with Crippen LogP contribution in [0.5, 0.6) is 0 Å². The lowest BCUT2D eigenvalue weighted by Gasteiger charge is -2.25. The molecule has 102 valence electrons. The summed E-state index contributed by atoms with van der Waals surface area (Å²) in [4.78, 5) is 25.5. The summed E-state index contributed by atoms with van der Waals surface area (Å²) in [6.07, 6.45) is 0. The number of anilines is 1. The number of hydrogen-bond acceptors (Lipinski definition) is 2. The van der Waals surface area contributed by atoms with Crippen molar-refractivity contribution in [3.8, 4) is 0 Å². The SMILES string of the molecule is CC(C)C(CBr)CN1C(=O)C(=O)c2ccc(Cl)cc21. The molecule has 0 aromatic heterocycles. The molecule has 0 saturated carbocycles. The maximum absolute atomic E-state index is 12.1. The van der Waals surface area contributed by atoms with Crippen molar-refractivity contribution in [3.05, 3.63) is 28.8 Å². The van der Waals surface area contributed by atoms with Crippen molar-refractivity contribution in [3.63, 3.8) is 0 Å². The number of fused-ring (bicyclic) bond motifs is 1. The molecule has 1 aliphatic rings. The van der Waals surface area contributed by atoms with Gasteiger partial charge in [-0.2, -0.15) is 0 Å². The highest BCUT2D eigenvalue weighted by Gasteiger charge is 2.37. The summed E-state index contributed by atoms with van der Waals surface area (Å²) in [5, 5.41) is 1.32. The topological polar surface area (TPSA) is 37.4 Å². The first kappa shape index (κ1) is 14.5. The summed E-state index contributed by atoms with van der Waals surface area (Å²) in [6, 6.07) is 4.95. The zero-order valence-corrected chi connectivity index (χ0v) is 13.2. The predicted octanol–water partition coefficient (Wildman–Crippen LogP) is 3.54. The Labute approximate surface area is 126 Å². The van der Waals surface area contributed by atoms with Gasteiger partial charge in [0.15, 0.2) is 0 Å². The summed E-state index contributed by atoms with van der Waals surface area (Å²) >= 11 is 9.42. The zero-order chi connectivity index (χ0) is 14.2. The van der Waals surface area contributed by atoms with Gasteiger partial charge in [-0.15, -0.1) is 0 Å². The van der Waals surface area contributed by atoms with Crippen LogP contribution in [0.3, 0.4) is 0 Å². The van der Waals surface area contributed by atoms with E-state index in [2.05, 4.69) is 29.8 Å². The van der Waals surface area contributed by atoms with Gasteiger partial charge in [0.2, 0.25) is 0 Å². The lowest BCUT2D eigenvalue weighted by molar-refractivity contribution is -0.114. The molecule has 2 rings (SSSR count). The van der Waals surface area contributed by atoms with E-state index in [9.17, 15) is 9.59 Å². The number of benzene rings is 1. The Morgan fingerprint density at radius 3 is 2.58 bits per heavy atom. The van der Waals surface area contributed by atoms with Gasteiger partial charge in [0.1, 0.15) is 0 Å². The number of rotatable bonds is 4. The molecule has 1 aromatic rings. The van der Waals surface area contributed by atoms with Gasteiger partial charge < -0.3 is 4.90 Å². The molecule has 0 aliphatic carbocycles. The smallest absolute Gasteiger partial charge is 0.299 e. The summed E-state index contributed by atoms with van der Waals surface area (Å²) in [5.74, 6) is -0.181. The van der Waals surface area contributed by atoms with Crippen LogP contribution >= 0.6 is 27.5 Å². The van der Waals surface area contributed by atoms with Crippen LogP contribution in [0, 0.1) is 11.8 Å². The minimum Gasteiger partial charge on any atom is -0.304 e. The Balaban J connectivity index is 2.35. The van der Waals surface area contributed by atoms with Gasteiger partial charge >= 0.3 is 0 Å². The Kier molecular flexibility index (Phi) is 4.31. The average Bonchev–Trinajstić information content (AvgIpc) is 2.59. The third kappa shape index (κ3) is 2.70. The van der Waals surface area contributed by atoms with Crippen molar-refractivity contribution < 1.29 is 9.59 Å². The molecule has 1 aliphatic heterocycles. The fourth-order valence-electron chi connectivity index (χ4n) is 2.12. The van der Waals surface area contributed by atoms with Crippen molar-refractivity contribution in [1.82, 2.24) is 0 Å². The first-order chi connectivity index (χ1) is 8.95. The molecule has 0 N–H and O–H groups in total. The van der Waals surface area contributed by atoms with Crippen LogP contribution in [-0.4, -0.2) is 23.6 Å². The Morgan fingerprint density at radius 2 is 2.00 bits per heavy atom. The van der Waals surface area contributed by atoms with Gasteiger partial charge in [-0.05, 0) is 30.0 Å². The quantitative estimate of drug-likeness (QED) is 0.619. The van der Waals surface area contributed by atoms with E-state index in [1.165, 1.54) is 0 Å². The van der Waals surface area contributed by atoms with E-state index in [0.29, 0.717) is 34.7 Å². The second-order valence-electron chi connectivity index (χ2n) is 5.06. The van der Waals surface area contributed by atoms with Crippen molar-refractivity contribution >= 4 is 44.9 Å². The Hall–Kier alpha value is -0.870. The van der Waals surface area contributed by atoms with E-state index >= 15 is 0 Å². The largest absolute Gasteiger partial charge is 0.304 e. The van der Waals surface area contributed by atoms with E-state index in [-0.39, 0.29) is 0 Å². The van der Waals surface area contributed by atoms with Gasteiger partial charge in [0.05, 0.1) is 11.3 Å². The van der Waals surface area contributed by atoms with Gasteiger partial charge in [-0.1, -0.05) is 41.4 Å². The second kappa shape index (κ2) is 5.63. The molecule has 1 heterocycles. The molecule has 1 aromatic carbocycles. The minimum absolute atomic E-state index is 0.293. The third-order valence-electron chi connectivity index (χ3n) is 3.49. The molecule has 0 saturated heterocycles. The molecule has 3 nitrogen and oxygen atoms in total. The van der Waals surface area contributed by atoms with Crippen molar-refractivity contribution in [2.75, 3.05) is 16.8 Å². The first-order valence-electron chi connectivity index (χ1n) is 6.17. The summed E-state index contributed by atoms with van der Waals surface area (Å²) in [5.41, 5.74) is 1.08. The minimum atomic E-state index is -0.455. The normalized spacial score (nSPS) is 16.2. The van der Waals surface area contributed by atoms with E-state index in [0.717, 1.165) is 5.33 Å². The highest BCUT2D eigenvalue weighted by atomic mass is 79.9. The summed E-state index contributed by atoms with van der Waals surface area (Å²) in [7, 11) is 0. The number of carbonyl (C=O) groups is 2. The molecular formula is C14H15BrClNO2. The highest BCUT2D eigenvalue weighted by Crippen LogP contribution is 2.33. The number of ketones is 1. The number of Topliss-reactive ketones (excluding diaryl/α,β-unsaturated/α-hetero) is 1. The molecule has 1 atom stereocenters. The number of halogens is 2. The summed E-state index contributed by atoms with van der Waals surface area (Å²) < 4.78 is 0. The van der Waals surface area contributed by atoms with Crippen LogP contribution in [0.15, 0.2) is 18.2 Å². The van der Waals surface area contributed by atoms with Gasteiger partial charge in [-0.25, -0.2) is 0 Å². The van der Waals surface area contributed by atoms with Crippen LogP contribution in [-0.2, 0) is 4.79 Å². The molecule has 0 bridgehead atoms. The number of nitrogens with zero attached hydrogens (tertiary/aromatic N) is 1. The fraction of sp³-hybridized carbons (Fsp3) is 0.429. The van der Waals surface area contributed by atoms with Crippen LogP contribution < -0.4 is 4.90 Å². The maximum Gasteiger partial charge on any atom is 0.299 e. The van der Waals surface area contributed by atoms with Crippen LogP contribution in [0.25, 0.3) is 0 Å². The maximum atomic E-state index is 12.1. The molecule has 0 radical (unpaired) electrons. The van der Waals surface area contributed by atoms with Crippen molar-refractivity contribution in [2.24, 2.45) is 11.8 Å². The first-order valence-corrected chi connectivity index (χ1v) is 7.67. The van der Waals surface area contributed by atoms with Crippen LogP contribution in [0.4, 0.5) is 5.69 Å². The van der Waals surface area contributed by atoms with Gasteiger partial charge in [0.25, 0.3) is 11.7 Å². The van der Waals surface area contributed by atoms with Crippen LogP contribution in [0.2, 0.25) is 5.02 Å². The number of alkyl halides is 1. The van der Waals surface area contributed by atoms with Crippen molar-refractivity contribution in [2.45, 2.75) is 13.8 Å².